The number of hydrogen-bond acceptors (Lipinski definition) is 5. The number of methoxy groups -OCH3 is 1. The standard InChI is InChI=1S/C16H22N2O4.ClH/c1-4-21-13-7-5-6-11-8-14(22-15(11)13)10(2)18-16(19)12(17)9-20-3;/h5-8,10,12H,4,9,17H2,1-3H3,(H,18,19);1H. The van der Waals surface area contributed by atoms with E-state index in [1.807, 2.05) is 38.1 Å². The van der Waals surface area contributed by atoms with Crippen LogP contribution in [-0.4, -0.2) is 32.3 Å². The Morgan fingerprint density at radius 1 is 1.43 bits per heavy atom. The van der Waals surface area contributed by atoms with Crippen molar-refractivity contribution < 1.29 is 18.7 Å². The number of furan rings is 1. The molecule has 2 atom stereocenters. The molecule has 1 amide bonds. The van der Waals surface area contributed by atoms with Gasteiger partial charge in [0.1, 0.15) is 11.8 Å². The van der Waals surface area contributed by atoms with Gasteiger partial charge in [0, 0.05) is 12.5 Å². The first kappa shape index (κ1) is 19.3. The number of rotatable bonds is 7. The summed E-state index contributed by atoms with van der Waals surface area (Å²) in [5.41, 5.74) is 6.39. The summed E-state index contributed by atoms with van der Waals surface area (Å²) < 4.78 is 16.3. The maximum atomic E-state index is 11.9. The van der Waals surface area contributed by atoms with Gasteiger partial charge in [-0.2, -0.15) is 0 Å². The Kier molecular flexibility index (Phi) is 7.35. The number of hydrogen-bond donors (Lipinski definition) is 2. The molecule has 7 heteroatoms. The summed E-state index contributed by atoms with van der Waals surface area (Å²) in [4.78, 5) is 11.9. The fourth-order valence-electron chi connectivity index (χ4n) is 2.19. The first-order valence-corrected chi connectivity index (χ1v) is 7.27. The lowest BCUT2D eigenvalue weighted by Crippen LogP contribution is -2.44. The van der Waals surface area contributed by atoms with Crippen LogP contribution in [0.5, 0.6) is 5.75 Å². The van der Waals surface area contributed by atoms with Crippen LogP contribution in [0.1, 0.15) is 25.6 Å². The predicted octanol–water partition coefficient (Wildman–Crippen LogP) is 2.40. The normalized spacial score (nSPS) is 13.2. The fourth-order valence-corrected chi connectivity index (χ4v) is 2.19. The van der Waals surface area contributed by atoms with E-state index in [0.29, 0.717) is 23.7 Å². The summed E-state index contributed by atoms with van der Waals surface area (Å²) in [6, 6.07) is 6.61. The van der Waals surface area contributed by atoms with Gasteiger partial charge >= 0.3 is 0 Å². The molecular weight excluding hydrogens is 320 g/mol. The maximum Gasteiger partial charge on any atom is 0.239 e. The molecule has 0 saturated carbocycles. The van der Waals surface area contributed by atoms with Gasteiger partial charge in [0.25, 0.3) is 0 Å². The van der Waals surface area contributed by atoms with E-state index in [1.165, 1.54) is 7.11 Å². The highest BCUT2D eigenvalue weighted by Crippen LogP contribution is 2.31. The number of fused-ring (bicyclic) bond motifs is 1. The van der Waals surface area contributed by atoms with Crippen molar-refractivity contribution in [2.75, 3.05) is 20.3 Å². The molecule has 23 heavy (non-hydrogen) atoms. The van der Waals surface area contributed by atoms with Gasteiger partial charge in [-0.05, 0) is 26.0 Å². The van der Waals surface area contributed by atoms with Crippen molar-refractivity contribution in [3.05, 3.63) is 30.0 Å². The summed E-state index contributed by atoms with van der Waals surface area (Å²) in [5, 5.41) is 3.75. The highest BCUT2D eigenvalue weighted by Gasteiger charge is 2.19. The van der Waals surface area contributed by atoms with Crippen LogP contribution in [0.3, 0.4) is 0 Å². The molecule has 2 unspecified atom stereocenters. The third-order valence-electron chi connectivity index (χ3n) is 3.30. The second-order valence-corrected chi connectivity index (χ2v) is 5.05. The van der Waals surface area contributed by atoms with E-state index in [-0.39, 0.29) is 31.0 Å². The van der Waals surface area contributed by atoms with E-state index in [0.717, 1.165) is 5.39 Å². The minimum atomic E-state index is -0.698. The molecule has 2 rings (SSSR count). The van der Waals surface area contributed by atoms with Crippen molar-refractivity contribution in [1.82, 2.24) is 5.32 Å². The summed E-state index contributed by atoms with van der Waals surface area (Å²) in [6.45, 7) is 4.50. The molecular formula is C16H23ClN2O4. The van der Waals surface area contributed by atoms with E-state index in [9.17, 15) is 4.79 Å². The summed E-state index contributed by atoms with van der Waals surface area (Å²) in [7, 11) is 1.51. The number of nitrogens with one attached hydrogen (secondary N) is 1. The van der Waals surface area contributed by atoms with Gasteiger partial charge in [0.15, 0.2) is 11.3 Å². The third-order valence-corrected chi connectivity index (χ3v) is 3.30. The smallest absolute Gasteiger partial charge is 0.239 e. The molecule has 0 aliphatic carbocycles. The van der Waals surface area contributed by atoms with E-state index < -0.39 is 6.04 Å². The molecule has 0 aliphatic heterocycles. The van der Waals surface area contributed by atoms with E-state index in [1.54, 1.807) is 0 Å². The van der Waals surface area contributed by atoms with Crippen molar-refractivity contribution in [3.63, 3.8) is 0 Å². The molecule has 1 heterocycles. The lowest BCUT2D eigenvalue weighted by atomic mass is 10.2. The third kappa shape index (κ3) is 4.60. The zero-order chi connectivity index (χ0) is 16.1. The first-order valence-electron chi connectivity index (χ1n) is 7.27. The van der Waals surface area contributed by atoms with Crippen LogP contribution in [0.25, 0.3) is 11.0 Å². The molecule has 6 nitrogen and oxygen atoms in total. The molecule has 0 spiro atoms. The van der Waals surface area contributed by atoms with Crippen LogP contribution in [-0.2, 0) is 9.53 Å². The van der Waals surface area contributed by atoms with Crippen LogP contribution < -0.4 is 15.8 Å². The van der Waals surface area contributed by atoms with Crippen molar-refractivity contribution in [2.24, 2.45) is 5.73 Å². The molecule has 0 fully saturated rings. The Morgan fingerprint density at radius 3 is 2.83 bits per heavy atom. The average Bonchev–Trinajstić information content (AvgIpc) is 2.93. The van der Waals surface area contributed by atoms with Gasteiger partial charge in [-0.15, -0.1) is 12.4 Å². The Labute approximate surface area is 141 Å². The molecule has 1 aromatic carbocycles. The van der Waals surface area contributed by atoms with E-state index >= 15 is 0 Å². The minimum Gasteiger partial charge on any atom is -0.490 e. The van der Waals surface area contributed by atoms with Crippen molar-refractivity contribution in [1.29, 1.82) is 0 Å². The quantitative estimate of drug-likeness (QED) is 0.806. The van der Waals surface area contributed by atoms with Crippen LogP contribution in [0.2, 0.25) is 0 Å². The number of para-hydroxylation sites is 1. The SMILES string of the molecule is CCOc1cccc2cc(C(C)NC(=O)C(N)COC)oc12.Cl. The Bertz CT molecular complexity index is 644. The zero-order valence-corrected chi connectivity index (χ0v) is 14.3. The number of ether oxygens (including phenoxy) is 2. The Morgan fingerprint density at radius 2 is 2.17 bits per heavy atom. The van der Waals surface area contributed by atoms with Crippen LogP contribution in [0.4, 0.5) is 0 Å². The second kappa shape index (κ2) is 8.76. The van der Waals surface area contributed by atoms with Crippen molar-refractivity contribution in [3.8, 4) is 5.75 Å². The van der Waals surface area contributed by atoms with Gasteiger partial charge in [-0.1, -0.05) is 12.1 Å². The predicted molar refractivity (Wildman–Crippen MR) is 91.0 cm³/mol. The molecule has 0 saturated heterocycles. The van der Waals surface area contributed by atoms with Gasteiger partial charge in [-0.25, -0.2) is 0 Å². The Hall–Kier alpha value is -1.76. The van der Waals surface area contributed by atoms with Gasteiger partial charge in [0.2, 0.25) is 5.91 Å². The number of amides is 1. The van der Waals surface area contributed by atoms with Crippen LogP contribution >= 0.6 is 12.4 Å². The number of carbonyl (C=O) groups excluding carboxylic acids is 1. The highest BCUT2D eigenvalue weighted by atomic mass is 35.5. The zero-order valence-electron chi connectivity index (χ0n) is 13.5. The number of halogens is 1. The number of nitrogens with two attached hydrogens (primary N) is 1. The first-order chi connectivity index (χ1) is 10.6. The largest absolute Gasteiger partial charge is 0.490 e. The minimum absolute atomic E-state index is 0. The molecule has 0 aliphatic rings. The van der Waals surface area contributed by atoms with Gasteiger partial charge in [0.05, 0.1) is 19.3 Å². The number of carbonyl (C=O) groups is 1. The van der Waals surface area contributed by atoms with Crippen molar-refractivity contribution in [2.45, 2.75) is 25.9 Å². The summed E-state index contributed by atoms with van der Waals surface area (Å²) >= 11 is 0. The number of benzene rings is 1. The monoisotopic (exact) mass is 342 g/mol. The second-order valence-electron chi connectivity index (χ2n) is 5.05. The van der Waals surface area contributed by atoms with Crippen LogP contribution in [0, 0.1) is 0 Å². The summed E-state index contributed by atoms with van der Waals surface area (Å²) in [5.74, 6) is 1.07. The Balaban J connectivity index is 0.00000264. The van der Waals surface area contributed by atoms with E-state index in [4.69, 9.17) is 19.6 Å². The molecule has 2 aromatic rings. The van der Waals surface area contributed by atoms with Gasteiger partial charge in [-0.3, -0.25) is 4.79 Å². The average molecular weight is 343 g/mol. The fraction of sp³-hybridized carbons (Fsp3) is 0.438. The van der Waals surface area contributed by atoms with Crippen molar-refractivity contribution >= 4 is 29.3 Å². The highest BCUT2D eigenvalue weighted by molar-refractivity contribution is 5.85. The van der Waals surface area contributed by atoms with Crippen LogP contribution in [0.15, 0.2) is 28.7 Å². The van der Waals surface area contributed by atoms with E-state index in [2.05, 4.69) is 5.32 Å². The van der Waals surface area contributed by atoms with Gasteiger partial charge < -0.3 is 24.9 Å². The molecule has 128 valence electrons. The summed E-state index contributed by atoms with van der Waals surface area (Å²) in [6.07, 6.45) is 0. The molecule has 0 radical (unpaired) electrons. The maximum absolute atomic E-state index is 11.9. The topological polar surface area (TPSA) is 86.7 Å². The molecule has 1 aromatic heterocycles. The molecule has 0 bridgehead atoms. The lowest BCUT2D eigenvalue weighted by Gasteiger charge is -2.15. The lowest BCUT2D eigenvalue weighted by molar-refractivity contribution is -0.124. The molecule has 3 N–H and O–H groups in total.